The normalized spacial score (nSPS) is 24.0. The molecule has 0 aliphatic carbocycles. The van der Waals surface area contributed by atoms with Crippen molar-refractivity contribution in [2.45, 2.75) is 43.0 Å². The van der Waals surface area contributed by atoms with Gasteiger partial charge in [-0.1, -0.05) is 25.1 Å². The number of carbonyl (C=O) groups is 1. The summed E-state index contributed by atoms with van der Waals surface area (Å²) in [5.41, 5.74) is 1.23. The van der Waals surface area contributed by atoms with Crippen LogP contribution >= 0.6 is 11.8 Å². The summed E-state index contributed by atoms with van der Waals surface area (Å²) in [5.74, 6) is 1.28. The first-order valence-electron chi connectivity index (χ1n) is 8.03. The third kappa shape index (κ3) is 3.27. The molecule has 3 nitrogen and oxygen atoms in total. The maximum absolute atomic E-state index is 13.0. The van der Waals surface area contributed by atoms with Crippen molar-refractivity contribution in [2.75, 3.05) is 25.4 Å². The van der Waals surface area contributed by atoms with Crippen LogP contribution in [-0.2, 0) is 4.79 Å². The Labute approximate surface area is 131 Å². The van der Waals surface area contributed by atoms with Crippen LogP contribution in [0.3, 0.4) is 0 Å². The summed E-state index contributed by atoms with van der Waals surface area (Å²) in [6, 6.07) is 8.86. The predicted octanol–water partition coefficient (Wildman–Crippen LogP) is 2.87. The fraction of sp³-hybridized carbons (Fsp3) is 0.588. The smallest absolute Gasteiger partial charge is 0.231 e. The Kier molecular flexibility index (Phi) is 4.86. The molecule has 0 radical (unpaired) electrons. The molecular formula is C17H24N2OS. The van der Waals surface area contributed by atoms with Gasteiger partial charge < -0.3 is 10.2 Å². The van der Waals surface area contributed by atoms with E-state index in [-0.39, 0.29) is 5.92 Å². The second kappa shape index (κ2) is 6.84. The van der Waals surface area contributed by atoms with Crippen LogP contribution in [0.4, 0.5) is 0 Å². The summed E-state index contributed by atoms with van der Waals surface area (Å²) in [6.45, 7) is 5.00. The molecule has 0 bridgehead atoms. The molecule has 21 heavy (non-hydrogen) atoms. The minimum Gasteiger partial charge on any atom is -0.341 e. The number of amides is 1. The van der Waals surface area contributed by atoms with Crippen LogP contribution in [0.2, 0.25) is 0 Å². The molecule has 2 unspecified atom stereocenters. The molecule has 3 rings (SSSR count). The minimum absolute atomic E-state index is 0.0548. The number of rotatable bonds is 5. The topological polar surface area (TPSA) is 32.3 Å². The summed E-state index contributed by atoms with van der Waals surface area (Å²) in [6.07, 6.45) is 3.46. The lowest BCUT2D eigenvalue weighted by atomic mass is 9.99. The Bertz CT molecular complexity index is 499. The molecule has 1 fully saturated rings. The van der Waals surface area contributed by atoms with Crippen molar-refractivity contribution in [3.8, 4) is 0 Å². The van der Waals surface area contributed by atoms with Gasteiger partial charge in [0.2, 0.25) is 5.91 Å². The van der Waals surface area contributed by atoms with Crippen molar-refractivity contribution in [3.63, 3.8) is 0 Å². The van der Waals surface area contributed by atoms with E-state index in [1.165, 1.54) is 23.3 Å². The van der Waals surface area contributed by atoms with Gasteiger partial charge in [0.1, 0.15) is 0 Å². The highest BCUT2D eigenvalue weighted by Gasteiger charge is 2.33. The van der Waals surface area contributed by atoms with E-state index in [4.69, 9.17) is 0 Å². The van der Waals surface area contributed by atoms with E-state index in [0.717, 1.165) is 31.8 Å². The van der Waals surface area contributed by atoms with E-state index >= 15 is 0 Å². The summed E-state index contributed by atoms with van der Waals surface area (Å²) >= 11 is 1.82. The number of benzene rings is 1. The molecule has 0 aromatic heterocycles. The van der Waals surface area contributed by atoms with E-state index in [1.807, 2.05) is 17.8 Å². The summed E-state index contributed by atoms with van der Waals surface area (Å²) < 4.78 is 0. The number of nitrogens with zero attached hydrogens (tertiary/aromatic N) is 1. The molecule has 1 aromatic carbocycles. The van der Waals surface area contributed by atoms with Crippen LogP contribution in [0.25, 0.3) is 0 Å². The Morgan fingerprint density at radius 2 is 2.29 bits per heavy atom. The summed E-state index contributed by atoms with van der Waals surface area (Å²) in [4.78, 5) is 16.3. The highest BCUT2D eigenvalue weighted by molar-refractivity contribution is 7.99. The van der Waals surface area contributed by atoms with Gasteiger partial charge in [0.15, 0.2) is 0 Å². The van der Waals surface area contributed by atoms with Crippen LogP contribution in [0.15, 0.2) is 29.2 Å². The molecule has 1 amide bonds. The Hall–Kier alpha value is -1.00. The molecule has 114 valence electrons. The van der Waals surface area contributed by atoms with Crippen LogP contribution in [0, 0.1) is 0 Å². The fourth-order valence-electron chi connectivity index (χ4n) is 3.33. The first-order valence-corrected chi connectivity index (χ1v) is 9.02. The number of nitrogens with one attached hydrogen (secondary N) is 1. The Balaban J connectivity index is 1.72. The van der Waals surface area contributed by atoms with Gasteiger partial charge in [0.05, 0.1) is 5.92 Å². The van der Waals surface area contributed by atoms with Gasteiger partial charge in [-0.15, -0.1) is 11.8 Å². The first kappa shape index (κ1) is 14.9. The number of hydrogen-bond acceptors (Lipinski definition) is 3. The van der Waals surface area contributed by atoms with Gasteiger partial charge in [-0.25, -0.2) is 0 Å². The number of thioether (sulfide) groups is 1. The maximum atomic E-state index is 13.0. The molecule has 1 N–H and O–H groups in total. The molecular weight excluding hydrogens is 280 g/mol. The number of hydrogen-bond donors (Lipinski definition) is 1. The molecule has 1 saturated heterocycles. The van der Waals surface area contributed by atoms with Crippen LogP contribution in [-0.4, -0.2) is 42.2 Å². The monoisotopic (exact) mass is 304 g/mol. The molecule has 0 spiro atoms. The van der Waals surface area contributed by atoms with Crippen molar-refractivity contribution < 1.29 is 4.79 Å². The number of carbonyl (C=O) groups excluding carboxylic acids is 1. The molecule has 0 saturated carbocycles. The predicted molar refractivity (Wildman–Crippen MR) is 87.8 cm³/mol. The molecule has 1 aromatic rings. The summed E-state index contributed by atoms with van der Waals surface area (Å²) in [5, 5.41) is 3.51. The van der Waals surface area contributed by atoms with Crippen molar-refractivity contribution in [1.82, 2.24) is 10.2 Å². The van der Waals surface area contributed by atoms with Crippen LogP contribution < -0.4 is 5.32 Å². The van der Waals surface area contributed by atoms with Gasteiger partial charge in [-0.3, -0.25) is 4.79 Å². The minimum atomic E-state index is 0.0548. The van der Waals surface area contributed by atoms with Gasteiger partial charge in [0.25, 0.3) is 0 Å². The quantitative estimate of drug-likeness (QED) is 0.908. The van der Waals surface area contributed by atoms with E-state index in [1.54, 1.807) is 0 Å². The lowest BCUT2D eigenvalue weighted by molar-refractivity contribution is -0.132. The van der Waals surface area contributed by atoms with Crippen molar-refractivity contribution in [3.05, 3.63) is 29.8 Å². The van der Waals surface area contributed by atoms with Gasteiger partial charge in [0, 0.05) is 29.8 Å². The van der Waals surface area contributed by atoms with Gasteiger partial charge in [-0.05, 0) is 37.4 Å². The van der Waals surface area contributed by atoms with Crippen molar-refractivity contribution in [2.24, 2.45) is 0 Å². The van der Waals surface area contributed by atoms with E-state index in [0.29, 0.717) is 11.9 Å². The SMILES string of the molecule is CCCN(CC1CCCN1)C(=O)C1CSc2ccccc21. The highest BCUT2D eigenvalue weighted by Crippen LogP contribution is 2.40. The Morgan fingerprint density at radius 3 is 3.05 bits per heavy atom. The van der Waals surface area contributed by atoms with Gasteiger partial charge in [-0.2, -0.15) is 0 Å². The molecule has 2 aliphatic rings. The zero-order valence-corrected chi connectivity index (χ0v) is 13.5. The maximum Gasteiger partial charge on any atom is 0.231 e. The molecule has 2 atom stereocenters. The highest BCUT2D eigenvalue weighted by atomic mass is 32.2. The lowest BCUT2D eigenvalue weighted by Gasteiger charge is -2.28. The van der Waals surface area contributed by atoms with Crippen LogP contribution in [0.1, 0.15) is 37.7 Å². The largest absolute Gasteiger partial charge is 0.341 e. The number of fused-ring (bicyclic) bond motifs is 1. The molecule has 2 aliphatic heterocycles. The average Bonchev–Trinajstić information content (AvgIpc) is 3.15. The standard InChI is InChI=1S/C17H24N2OS/c1-2-10-19(11-13-6-5-9-18-13)17(20)15-12-21-16-8-4-3-7-14(15)16/h3-4,7-8,13,15,18H,2,5-6,9-12H2,1H3. The van der Waals surface area contributed by atoms with Crippen molar-refractivity contribution >= 4 is 17.7 Å². The van der Waals surface area contributed by atoms with Crippen LogP contribution in [0.5, 0.6) is 0 Å². The van der Waals surface area contributed by atoms with E-state index in [9.17, 15) is 4.79 Å². The fourth-order valence-corrected chi connectivity index (χ4v) is 4.55. The average molecular weight is 304 g/mol. The molecule has 4 heteroatoms. The second-order valence-electron chi connectivity index (χ2n) is 5.98. The zero-order valence-electron chi connectivity index (χ0n) is 12.7. The third-order valence-corrected chi connectivity index (χ3v) is 5.59. The third-order valence-electron chi connectivity index (χ3n) is 4.41. The zero-order chi connectivity index (χ0) is 14.7. The first-order chi connectivity index (χ1) is 10.3. The van der Waals surface area contributed by atoms with E-state index in [2.05, 4.69) is 35.3 Å². The second-order valence-corrected chi connectivity index (χ2v) is 7.04. The van der Waals surface area contributed by atoms with Crippen molar-refractivity contribution in [1.29, 1.82) is 0 Å². The summed E-state index contributed by atoms with van der Waals surface area (Å²) in [7, 11) is 0. The molecule has 2 heterocycles. The van der Waals surface area contributed by atoms with E-state index < -0.39 is 0 Å². The van der Waals surface area contributed by atoms with Gasteiger partial charge >= 0.3 is 0 Å². The lowest BCUT2D eigenvalue weighted by Crippen LogP contribution is -2.43. The Morgan fingerprint density at radius 1 is 1.43 bits per heavy atom.